The predicted octanol–water partition coefficient (Wildman–Crippen LogP) is 14.4. The van der Waals surface area contributed by atoms with Crippen LogP contribution in [0.15, 0.2) is 152 Å². The number of anilines is 3. The smallest absolute Gasteiger partial charge is 0.0465 e. The van der Waals surface area contributed by atoms with Crippen molar-refractivity contribution < 1.29 is 0 Å². The second kappa shape index (κ2) is 10.6. The second-order valence-electron chi connectivity index (χ2n) is 17.3. The van der Waals surface area contributed by atoms with Crippen molar-refractivity contribution >= 4 is 38.6 Å². The molecule has 0 amide bonds. The normalized spacial score (nSPS) is 16.0. The third-order valence-corrected chi connectivity index (χ3v) is 13.4. The molecule has 8 aromatic rings. The predicted molar refractivity (Wildman–Crippen MR) is 229 cm³/mol. The van der Waals surface area contributed by atoms with Crippen LogP contribution in [0.1, 0.15) is 74.9 Å². The standard InChI is InChI=1S/C53H43N/c1-51(2)44-21-13-11-17-37(44)39-26-23-32(29-46(39)51)54(33-24-27-40-38-18-12-14-22-45(38)52(3,4)47(40)30-33)34-25-28-43-48(31-34)53(5,6)50-42-20-10-8-16-36(42)35-15-7-9-19-41(35)49(43)50/h7-31H,1-6H3. The molecule has 3 aliphatic rings. The highest BCUT2D eigenvalue weighted by atomic mass is 15.1. The van der Waals surface area contributed by atoms with E-state index in [1.165, 1.54) is 105 Å². The Labute approximate surface area is 318 Å². The fraction of sp³-hybridized carbons (Fsp3) is 0.170. The van der Waals surface area contributed by atoms with Crippen molar-refractivity contribution in [1.82, 2.24) is 0 Å². The van der Waals surface area contributed by atoms with Crippen LogP contribution in [0.25, 0.3) is 54.9 Å². The van der Waals surface area contributed by atoms with Gasteiger partial charge in [-0.2, -0.15) is 0 Å². The van der Waals surface area contributed by atoms with Gasteiger partial charge in [0.25, 0.3) is 0 Å². The van der Waals surface area contributed by atoms with E-state index in [-0.39, 0.29) is 16.2 Å². The van der Waals surface area contributed by atoms with Crippen LogP contribution in [-0.2, 0) is 16.2 Å². The molecule has 54 heavy (non-hydrogen) atoms. The molecular formula is C53H43N. The maximum absolute atomic E-state index is 2.52. The molecule has 0 unspecified atom stereocenters. The van der Waals surface area contributed by atoms with E-state index in [0.29, 0.717) is 0 Å². The lowest BCUT2D eigenvalue weighted by Crippen LogP contribution is -2.19. The summed E-state index contributed by atoms with van der Waals surface area (Å²) in [7, 11) is 0. The summed E-state index contributed by atoms with van der Waals surface area (Å²) >= 11 is 0. The molecule has 1 nitrogen and oxygen atoms in total. The third kappa shape index (κ3) is 4.00. The monoisotopic (exact) mass is 693 g/mol. The van der Waals surface area contributed by atoms with Gasteiger partial charge in [-0.25, -0.2) is 0 Å². The molecule has 0 aromatic heterocycles. The molecule has 260 valence electrons. The van der Waals surface area contributed by atoms with Gasteiger partial charge in [-0.05, 0) is 125 Å². The molecule has 0 saturated carbocycles. The minimum Gasteiger partial charge on any atom is -0.310 e. The lowest BCUT2D eigenvalue weighted by molar-refractivity contribution is 0.660. The van der Waals surface area contributed by atoms with E-state index >= 15 is 0 Å². The first-order valence-electron chi connectivity index (χ1n) is 19.4. The van der Waals surface area contributed by atoms with Gasteiger partial charge >= 0.3 is 0 Å². The first kappa shape index (κ1) is 31.6. The van der Waals surface area contributed by atoms with E-state index in [4.69, 9.17) is 0 Å². The molecule has 0 saturated heterocycles. The van der Waals surface area contributed by atoms with Crippen LogP contribution in [0, 0.1) is 0 Å². The first-order chi connectivity index (χ1) is 26.1. The van der Waals surface area contributed by atoms with Gasteiger partial charge in [0.1, 0.15) is 0 Å². The number of benzene rings is 8. The van der Waals surface area contributed by atoms with Crippen LogP contribution >= 0.6 is 0 Å². The lowest BCUT2D eigenvalue weighted by atomic mass is 9.79. The fourth-order valence-electron chi connectivity index (χ4n) is 10.7. The van der Waals surface area contributed by atoms with Gasteiger partial charge in [0.05, 0.1) is 0 Å². The van der Waals surface area contributed by atoms with Crippen molar-refractivity contribution in [2.24, 2.45) is 0 Å². The quantitative estimate of drug-likeness (QED) is 0.167. The Morgan fingerprint density at radius 1 is 0.315 bits per heavy atom. The molecule has 0 radical (unpaired) electrons. The van der Waals surface area contributed by atoms with Gasteiger partial charge in [-0.1, -0.05) is 157 Å². The molecule has 3 aliphatic carbocycles. The van der Waals surface area contributed by atoms with E-state index < -0.39 is 0 Å². The summed E-state index contributed by atoms with van der Waals surface area (Å²) in [6, 6.07) is 57.5. The summed E-state index contributed by atoms with van der Waals surface area (Å²) in [6.07, 6.45) is 0. The molecule has 11 rings (SSSR count). The number of nitrogens with zero attached hydrogens (tertiary/aromatic N) is 1. The van der Waals surface area contributed by atoms with Crippen LogP contribution < -0.4 is 4.90 Å². The highest BCUT2D eigenvalue weighted by molar-refractivity contribution is 6.18. The van der Waals surface area contributed by atoms with Crippen LogP contribution in [-0.4, -0.2) is 0 Å². The molecule has 0 fully saturated rings. The Morgan fingerprint density at radius 2 is 0.685 bits per heavy atom. The Bertz CT molecular complexity index is 2810. The SMILES string of the molecule is CC1(C)c2ccccc2-c2ccc(N(c3ccc4c(c3)C(C)(C)c3ccccc3-4)c3ccc4c(c3)C(C)(C)c3c-4c4ccccc4c4ccccc34)cc21. The van der Waals surface area contributed by atoms with Gasteiger partial charge in [0.2, 0.25) is 0 Å². The van der Waals surface area contributed by atoms with Crippen molar-refractivity contribution in [3.8, 4) is 33.4 Å². The van der Waals surface area contributed by atoms with E-state index in [0.717, 1.165) is 0 Å². The van der Waals surface area contributed by atoms with E-state index in [1.807, 2.05) is 0 Å². The average molecular weight is 694 g/mol. The molecule has 0 atom stereocenters. The molecule has 0 aliphatic heterocycles. The summed E-state index contributed by atoms with van der Waals surface area (Å²) in [6.45, 7) is 14.4. The van der Waals surface area contributed by atoms with Gasteiger partial charge in [-0.15, -0.1) is 0 Å². The first-order valence-corrected chi connectivity index (χ1v) is 19.4. The van der Waals surface area contributed by atoms with Crippen LogP contribution in [0.3, 0.4) is 0 Å². The topological polar surface area (TPSA) is 3.24 Å². The Balaban J connectivity index is 1.15. The maximum atomic E-state index is 2.52. The summed E-state index contributed by atoms with van der Waals surface area (Å²) < 4.78 is 0. The van der Waals surface area contributed by atoms with Crippen molar-refractivity contribution in [2.75, 3.05) is 4.90 Å². The minimum atomic E-state index is -0.195. The van der Waals surface area contributed by atoms with E-state index in [9.17, 15) is 0 Å². The van der Waals surface area contributed by atoms with Crippen molar-refractivity contribution in [1.29, 1.82) is 0 Å². The average Bonchev–Trinajstić information content (AvgIpc) is 3.68. The highest BCUT2D eigenvalue weighted by Gasteiger charge is 2.41. The molecule has 0 heterocycles. The van der Waals surface area contributed by atoms with Crippen molar-refractivity contribution in [3.63, 3.8) is 0 Å². The molecule has 0 spiro atoms. The molecule has 0 bridgehead atoms. The Kier molecular flexibility index (Phi) is 6.21. The number of rotatable bonds is 3. The fourth-order valence-corrected chi connectivity index (χ4v) is 10.7. The van der Waals surface area contributed by atoms with Crippen LogP contribution in [0.4, 0.5) is 17.1 Å². The maximum Gasteiger partial charge on any atom is 0.0465 e. The van der Waals surface area contributed by atoms with Crippen LogP contribution in [0.2, 0.25) is 0 Å². The molecular weight excluding hydrogens is 651 g/mol. The second-order valence-corrected chi connectivity index (χ2v) is 17.3. The Morgan fingerprint density at radius 3 is 1.20 bits per heavy atom. The van der Waals surface area contributed by atoms with E-state index in [1.54, 1.807) is 0 Å². The zero-order valence-electron chi connectivity index (χ0n) is 31.9. The highest BCUT2D eigenvalue weighted by Crippen LogP contribution is 2.57. The Hall–Kier alpha value is -5.92. The third-order valence-electron chi connectivity index (χ3n) is 13.4. The number of hydrogen-bond acceptors (Lipinski definition) is 1. The lowest BCUT2D eigenvalue weighted by Gasteiger charge is -2.31. The largest absolute Gasteiger partial charge is 0.310 e. The summed E-state index contributed by atoms with van der Waals surface area (Å²) in [5.41, 5.74) is 19.7. The summed E-state index contributed by atoms with van der Waals surface area (Å²) in [5.74, 6) is 0. The molecule has 0 N–H and O–H groups in total. The van der Waals surface area contributed by atoms with Gasteiger partial charge < -0.3 is 4.90 Å². The van der Waals surface area contributed by atoms with Crippen molar-refractivity contribution in [3.05, 3.63) is 185 Å². The van der Waals surface area contributed by atoms with Gasteiger partial charge in [0.15, 0.2) is 0 Å². The minimum absolute atomic E-state index is 0.0984. The summed E-state index contributed by atoms with van der Waals surface area (Å²) in [5, 5.41) is 5.35. The number of hydrogen-bond donors (Lipinski definition) is 0. The zero-order valence-corrected chi connectivity index (χ0v) is 31.9. The van der Waals surface area contributed by atoms with E-state index in [2.05, 4.69) is 198 Å². The van der Waals surface area contributed by atoms with Crippen molar-refractivity contribution in [2.45, 2.75) is 57.8 Å². The molecule has 8 aromatic carbocycles. The zero-order chi connectivity index (χ0) is 36.7. The summed E-state index contributed by atoms with van der Waals surface area (Å²) in [4.78, 5) is 2.52. The van der Waals surface area contributed by atoms with Crippen LogP contribution in [0.5, 0.6) is 0 Å². The molecule has 1 heteroatoms. The van der Waals surface area contributed by atoms with Gasteiger partial charge in [0, 0.05) is 33.3 Å². The van der Waals surface area contributed by atoms with Gasteiger partial charge in [-0.3, -0.25) is 0 Å². The number of fused-ring (bicyclic) bond motifs is 14.